The van der Waals surface area contributed by atoms with Crippen LogP contribution in [0.3, 0.4) is 0 Å². The van der Waals surface area contributed by atoms with E-state index in [1.807, 2.05) is 37.8 Å². The molecule has 3 rings (SSSR count). The number of hydrogen-bond donors (Lipinski definition) is 1. The van der Waals surface area contributed by atoms with Crippen molar-refractivity contribution in [2.24, 2.45) is 0 Å². The summed E-state index contributed by atoms with van der Waals surface area (Å²) in [6.45, 7) is 13.6. The lowest BCUT2D eigenvalue weighted by molar-refractivity contribution is -0.132. The van der Waals surface area contributed by atoms with Gasteiger partial charge < -0.3 is 9.80 Å². The van der Waals surface area contributed by atoms with E-state index in [-0.39, 0.29) is 18.9 Å². The van der Waals surface area contributed by atoms with Crippen LogP contribution in [0.1, 0.15) is 36.0 Å². The number of aryl methyl sites for hydroxylation is 3. The van der Waals surface area contributed by atoms with Gasteiger partial charge in [0.15, 0.2) is 0 Å². The van der Waals surface area contributed by atoms with Crippen molar-refractivity contribution >= 4 is 15.9 Å². The molecule has 2 fully saturated rings. The Bertz CT molecular complexity index is 819. The molecule has 0 aromatic heterocycles. The molecule has 0 bridgehead atoms. The van der Waals surface area contributed by atoms with Gasteiger partial charge in [-0.25, -0.2) is 13.1 Å². The van der Waals surface area contributed by atoms with Gasteiger partial charge in [0, 0.05) is 52.2 Å². The first-order chi connectivity index (χ1) is 14.3. The summed E-state index contributed by atoms with van der Waals surface area (Å²) in [5.41, 5.74) is 2.51. The van der Waals surface area contributed by atoms with Crippen LogP contribution in [-0.4, -0.2) is 87.9 Å². The normalized spacial score (nSPS) is 18.8. The van der Waals surface area contributed by atoms with E-state index in [0.29, 0.717) is 4.90 Å². The number of sulfonamides is 1. The zero-order valence-electron chi connectivity index (χ0n) is 18.6. The number of rotatable bonds is 8. The first-order valence-corrected chi connectivity index (χ1v) is 12.5. The summed E-state index contributed by atoms with van der Waals surface area (Å²) in [5.74, 6) is 0.0224. The third-order valence-electron chi connectivity index (χ3n) is 6.16. The van der Waals surface area contributed by atoms with Crippen molar-refractivity contribution in [2.75, 3.05) is 58.9 Å². The van der Waals surface area contributed by atoms with Crippen molar-refractivity contribution in [1.29, 1.82) is 0 Å². The maximum Gasteiger partial charge on any atom is 0.241 e. The highest BCUT2D eigenvalue weighted by molar-refractivity contribution is 7.89. The van der Waals surface area contributed by atoms with E-state index >= 15 is 0 Å². The molecule has 0 saturated carbocycles. The Kier molecular flexibility index (Phi) is 7.90. The zero-order chi connectivity index (χ0) is 21.7. The van der Waals surface area contributed by atoms with Crippen LogP contribution in [0.2, 0.25) is 0 Å². The quantitative estimate of drug-likeness (QED) is 0.669. The number of nitrogens with one attached hydrogen (secondary N) is 1. The molecular weight excluding hydrogens is 400 g/mol. The third-order valence-corrected chi connectivity index (χ3v) is 7.93. The summed E-state index contributed by atoms with van der Waals surface area (Å²) in [4.78, 5) is 19.7. The minimum atomic E-state index is -3.62. The van der Waals surface area contributed by atoms with Gasteiger partial charge in [-0.1, -0.05) is 17.7 Å². The number of piperazine rings is 1. The van der Waals surface area contributed by atoms with Crippen LogP contribution in [0.5, 0.6) is 0 Å². The van der Waals surface area contributed by atoms with Crippen molar-refractivity contribution in [3.63, 3.8) is 0 Å². The van der Waals surface area contributed by atoms with Gasteiger partial charge in [0.2, 0.25) is 15.9 Å². The molecule has 2 aliphatic heterocycles. The van der Waals surface area contributed by atoms with Gasteiger partial charge >= 0.3 is 0 Å². The molecule has 7 nitrogen and oxygen atoms in total. The molecule has 1 N–H and O–H groups in total. The minimum Gasteiger partial charge on any atom is -0.340 e. The highest BCUT2D eigenvalue weighted by Gasteiger charge is 2.23. The van der Waals surface area contributed by atoms with Crippen molar-refractivity contribution < 1.29 is 13.2 Å². The number of likely N-dealkylation sites (tertiary alicyclic amines) is 1. The van der Waals surface area contributed by atoms with E-state index in [1.165, 1.54) is 25.9 Å². The van der Waals surface area contributed by atoms with Gasteiger partial charge in [0.25, 0.3) is 0 Å². The van der Waals surface area contributed by atoms with Crippen LogP contribution in [0.25, 0.3) is 0 Å². The second-order valence-electron chi connectivity index (χ2n) is 8.65. The van der Waals surface area contributed by atoms with Crippen LogP contribution >= 0.6 is 0 Å². The van der Waals surface area contributed by atoms with Crippen LogP contribution in [-0.2, 0) is 14.8 Å². The average Bonchev–Trinajstić information content (AvgIpc) is 3.19. The smallest absolute Gasteiger partial charge is 0.241 e. The van der Waals surface area contributed by atoms with Crippen LogP contribution < -0.4 is 4.72 Å². The second kappa shape index (κ2) is 10.2. The summed E-state index contributed by atoms with van der Waals surface area (Å²) in [6.07, 6.45) is 2.82. The van der Waals surface area contributed by atoms with Crippen molar-refractivity contribution in [1.82, 2.24) is 19.4 Å². The van der Waals surface area contributed by atoms with Gasteiger partial charge in [0.05, 0.1) is 4.90 Å². The maximum absolute atomic E-state index is 12.7. The van der Waals surface area contributed by atoms with E-state index in [9.17, 15) is 13.2 Å². The third kappa shape index (κ3) is 6.03. The highest BCUT2D eigenvalue weighted by Crippen LogP contribution is 2.21. The highest BCUT2D eigenvalue weighted by atomic mass is 32.2. The fourth-order valence-electron chi connectivity index (χ4n) is 4.62. The van der Waals surface area contributed by atoms with Gasteiger partial charge in [-0.15, -0.1) is 0 Å². The SMILES string of the molecule is Cc1cc(C)c(S(=O)(=O)NCCC(=O)N2CCN(CCN3CCCC3)CC2)c(C)c1. The molecule has 0 unspecified atom stereocenters. The maximum atomic E-state index is 12.7. The molecule has 0 radical (unpaired) electrons. The Balaban J connectivity index is 1.41. The van der Waals surface area contributed by atoms with E-state index in [4.69, 9.17) is 0 Å². The molecule has 2 aliphatic rings. The van der Waals surface area contributed by atoms with Crippen molar-refractivity contribution in [3.05, 3.63) is 28.8 Å². The van der Waals surface area contributed by atoms with Crippen LogP contribution in [0.15, 0.2) is 17.0 Å². The van der Waals surface area contributed by atoms with Crippen LogP contribution in [0, 0.1) is 20.8 Å². The molecule has 2 heterocycles. The summed E-state index contributed by atoms with van der Waals surface area (Å²) in [6, 6.07) is 3.74. The number of carbonyl (C=O) groups is 1. The molecule has 30 heavy (non-hydrogen) atoms. The molecule has 0 spiro atoms. The molecule has 0 atom stereocenters. The number of amides is 1. The first kappa shape index (κ1) is 23.2. The predicted octanol–water partition coefficient (Wildman–Crippen LogP) is 1.52. The van der Waals surface area contributed by atoms with Crippen molar-refractivity contribution in [2.45, 2.75) is 44.9 Å². The average molecular weight is 437 g/mol. The lowest BCUT2D eigenvalue weighted by atomic mass is 10.1. The molecular formula is C22H36N4O3S. The number of benzene rings is 1. The predicted molar refractivity (Wildman–Crippen MR) is 119 cm³/mol. The molecule has 1 amide bonds. The summed E-state index contributed by atoms with van der Waals surface area (Å²) < 4.78 is 28.1. The molecule has 2 saturated heterocycles. The molecule has 168 valence electrons. The van der Waals surface area contributed by atoms with Gasteiger partial charge in [0.1, 0.15) is 0 Å². The lowest BCUT2D eigenvalue weighted by Gasteiger charge is -2.35. The van der Waals surface area contributed by atoms with Gasteiger partial charge in [-0.3, -0.25) is 9.69 Å². The Morgan fingerprint density at radius 2 is 1.43 bits per heavy atom. The van der Waals surface area contributed by atoms with Gasteiger partial charge in [-0.05, 0) is 57.8 Å². The monoisotopic (exact) mass is 436 g/mol. The molecule has 0 aliphatic carbocycles. The topological polar surface area (TPSA) is 73.0 Å². The van der Waals surface area contributed by atoms with Crippen molar-refractivity contribution in [3.8, 4) is 0 Å². The fourth-order valence-corrected chi connectivity index (χ4v) is 6.10. The summed E-state index contributed by atoms with van der Waals surface area (Å²) in [7, 11) is -3.62. The largest absolute Gasteiger partial charge is 0.340 e. The standard InChI is InChI=1S/C22H36N4O3S/c1-18-16-19(2)22(20(3)17-18)30(28,29)23-7-6-21(27)26-14-12-25(13-15-26)11-10-24-8-4-5-9-24/h16-17,23H,4-15H2,1-3H3. The zero-order valence-corrected chi connectivity index (χ0v) is 19.4. The fraction of sp³-hybridized carbons (Fsp3) is 0.682. The number of carbonyl (C=O) groups excluding carboxylic acids is 1. The molecule has 1 aromatic rings. The Morgan fingerprint density at radius 1 is 0.900 bits per heavy atom. The van der Waals surface area contributed by atoms with Gasteiger partial charge in [-0.2, -0.15) is 0 Å². The number of hydrogen-bond acceptors (Lipinski definition) is 5. The molecule has 1 aromatic carbocycles. The van der Waals surface area contributed by atoms with Crippen LogP contribution in [0.4, 0.5) is 0 Å². The molecule has 8 heteroatoms. The summed E-state index contributed by atoms with van der Waals surface area (Å²) >= 11 is 0. The summed E-state index contributed by atoms with van der Waals surface area (Å²) in [5, 5.41) is 0. The van der Waals surface area contributed by atoms with E-state index in [2.05, 4.69) is 14.5 Å². The Morgan fingerprint density at radius 3 is 2.00 bits per heavy atom. The lowest BCUT2D eigenvalue weighted by Crippen LogP contribution is -2.50. The Hall–Kier alpha value is -1.48. The number of nitrogens with zero attached hydrogens (tertiary/aromatic N) is 3. The van der Waals surface area contributed by atoms with E-state index in [1.54, 1.807) is 0 Å². The first-order valence-electron chi connectivity index (χ1n) is 11.1. The van der Waals surface area contributed by atoms with E-state index < -0.39 is 10.0 Å². The Labute approximate surface area is 181 Å². The minimum absolute atomic E-state index is 0.0224. The second-order valence-corrected chi connectivity index (χ2v) is 10.4. The van der Waals surface area contributed by atoms with E-state index in [0.717, 1.165) is 56.0 Å².